The van der Waals surface area contributed by atoms with Crippen molar-refractivity contribution in [3.63, 3.8) is 0 Å². The third kappa shape index (κ3) is 3.19. The summed E-state index contributed by atoms with van der Waals surface area (Å²) in [6.07, 6.45) is 0. The van der Waals surface area contributed by atoms with Crippen molar-refractivity contribution in [3.05, 3.63) is 0 Å². The van der Waals surface area contributed by atoms with Gasteiger partial charge in [0.05, 0.1) is 12.1 Å². The van der Waals surface area contributed by atoms with Crippen LogP contribution in [0, 0.1) is 22.7 Å². The Bertz CT molecular complexity index is 468. The highest BCUT2D eigenvalue weighted by molar-refractivity contribution is 5.45. The van der Waals surface area contributed by atoms with Crippen LogP contribution in [0.3, 0.4) is 0 Å². The van der Waals surface area contributed by atoms with Gasteiger partial charge in [-0.15, -0.1) is 0 Å². The Labute approximate surface area is 105 Å². The first-order valence-electron chi connectivity index (χ1n) is 5.22. The third-order valence-corrected chi connectivity index (χ3v) is 2.04. The quantitative estimate of drug-likeness (QED) is 0.714. The molecule has 0 aromatic carbocycles. The second-order valence-corrected chi connectivity index (χ2v) is 3.58. The number of hydrogen-bond donors (Lipinski definition) is 1. The largest absolute Gasteiger partial charge is 0.357 e. The minimum Gasteiger partial charge on any atom is -0.357 e. The van der Waals surface area contributed by atoms with E-state index in [2.05, 4.69) is 20.3 Å². The van der Waals surface area contributed by atoms with Gasteiger partial charge in [-0.2, -0.15) is 25.5 Å². The summed E-state index contributed by atoms with van der Waals surface area (Å²) in [5.41, 5.74) is 0. The first kappa shape index (κ1) is 13.5. The van der Waals surface area contributed by atoms with E-state index in [0.29, 0.717) is 17.8 Å². The fourth-order valence-electron chi connectivity index (χ4n) is 1.18. The van der Waals surface area contributed by atoms with Gasteiger partial charge in [-0.05, 0) is 0 Å². The van der Waals surface area contributed by atoms with Crippen LogP contribution in [0.15, 0.2) is 0 Å². The van der Waals surface area contributed by atoms with Gasteiger partial charge in [-0.1, -0.05) is 0 Å². The van der Waals surface area contributed by atoms with Crippen molar-refractivity contribution in [1.29, 1.82) is 10.5 Å². The molecule has 8 nitrogen and oxygen atoms in total. The molecule has 1 aromatic rings. The molecule has 0 atom stereocenters. The summed E-state index contributed by atoms with van der Waals surface area (Å²) >= 11 is 0. The Morgan fingerprint density at radius 3 is 2.06 bits per heavy atom. The number of anilines is 3. The number of hydrogen-bond acceptors (Lipinski definition) is 8. The molecule has 94 valence electrons. The molecule has 0 saturated heterocycles. The summed E-state index contributed by atoms with van der Waals surface area (Å²) in [6, 6.07) is 3.96. The Kier molecular flexibility index (Phi) is 4.64. The van der Waals surface area contributed by atoms with E-state index in [1.165, 1.54) is 4.90 Å². The zero-order chi connectivity index (χ0) is 13.5. The molecule has 18 heavy (non-hydrogen) atoms. The second-order valence-electron chi connectivity index (χ2n) is 3.58. The molecule has 0 bridgehead atoms. The SMILES string of the molecule is CNc1nc(N(C)C)nc(N(CC#N)CC#N)n1. The van der Waals surface area contributed by atoms with Crippen molar-refractivity contribution in [2.24, 2.45) is 0 Å². The van der Waals surface area contributed by atoms with Crippen LogP contribution in [-0.4, -0.2) is 49.2 Å². The molecule has 0 aliphatic rings. The predicted octanol–water partition coefficient (Wildman–Crippen LogP) is -0.167. The Morgan fingerprint density at radius 2 is 1.61 bits per heavy atom. The number of rotatable bonds is 5. The van der Waals surface area contributed by atoms with Crippen molar-refractivity contribution in [1.82, 2.24) is 15.0 Å². The molecule has 0 aliphatic carbocycles. The first-order valence-corrected chi connectivity index (χ1v) is 5.22. The normalized spacial score (nSPS) is 9.17. The monoisotopic (exact) mass is 246 g/mol. The van der Waals surface area contributed by atoms with Gasteiger partial charge in [-0.25, -0.2) is 0 Å². The zero-order valence-electron chi connectivity index (χ0n) is 10.5. The molecular formula is C10H14N8. The average molecular weight is 246 g/mol. The summed E-state index contributed by atoms with van der Waals surface area (Å²) in [5.74, 6) is 1.16. The molecular weight excluding hydrogens is 232 g/mol. The van der Waals surface area contributed by atoms with Gasteiger partial charge >= 0.3 is 0 Å². The fraction of sp³-hybridized carbons (Fsp3) is 0.500. The van der Waals surface area contributed by atoms with Gasteiger partial charge in [0.15, 0.2) is 0 Å². The molecule has 1 aromatic heterocycles. The summed E-state index contributed by atoms with van der Waals surface area (Å²) in [4.78, 5) is 15.7. The minimum absolute atomic E-state index is 0.0492. The van der Waals surface area contributed by atoms with Crippen LogP contribution in [0.25, 0.3) is 0 Å². The van der Waals surface area contributed by atoms with E-state index in [1.54, 1.807) is 26.0 Å². The molecule has 0 radical (unpaired) electrons. The molecule has 0 fully saturated rings. The maximum atomic E-state index is 8.73. The van der Waals surface area contributed by atoms with E-state index in [0.717, 1.165) is 0 Å². The highest BCUT2D eigenvalue weighted by Crippen LogP contribution is 2.14. The summed E-state index contributed by atoms with van der Waals surface area (Å²) in [7, 11) is 5.30. The van der Waals surface area contributed by atoms with Crippen molar-refractivity contribution >= 4 is 17.8 Å². The van der Waals surface area contributed by atoms with E-state index in [1.807, 2.05) is 12.1 Å². The molecule has 1 heterocycles. The lowest BCUT2D eigenvalue weighted by Gasteiger charge is -2.18. The van der Waals surface area contributed by atoms with Gasteiger partial charge in [0, 0.05) is 21.1 Å². The van der Waals surface area contributed by atoms with Gasteiger partial charge in [-0.3, -0.25) is 0 Å². The highest BCUT2D eigenvalue weighted by atomic mass is 15.3. The van der Waals surface area contributed by atoms with Crippen LogP contribution in [0.2, 0.25) is 0 Å². The van der Waals surface area contributed by atoms with Crippen LogP contribution < -0.4 is 15.1 Å². The zero-order valence-corrected chi connectivity index (χ0v) is 10.5. The van der Waals surface area contributed by atoms with Crippen LogP contribution in [-0.2, 0) is 0 Å². The minimum atomic E-state index is 0.0492. The van der Waals surface area contributed by atoms with E-state index in [4.69, 9.17) is 10.5 Å². The van der Waals surface area contributed by atoms with E-state index < -0.39 is 0 Å². The Morgan fingerprint density at radius 1 is 1.06 bits per heavy atom. The maximum Gasteiger partial charge on any atom is 0.233 e. The van der Waals surface area contributed by atoms with E-state index in [-0.39, 0.29) is 13.1 Å². The van der Waals surface area contributed by atoms with Crippen molar-refractivity contribution in [3.8, 4) is 12.1 Å². The third-order valence-electron chi connectivity index (χ3n) is 2.04. The molecule has 0 spiro atoms. The van der Waals surface area contributed by atoms with E-state index >= 15 is 0 Å². The molecule has 0 unspecified atom stereocenters. The van der Waals surface area contributed by atoms with E-state index in [9.17, 15) is 0 Å². The van der Waals surface area contributed by atoms with Crippen LogP contribution in [0.4, 0.5) is 17.8 Å². The number of nitriles is 2. The van der Waals surface area contributed by atoms with Crippen LogP contribution in [0.1, 0.15) is 0 Å². The molecule has 1 rings (SSSR count). The van der Waals surface area contributed by atoms with Gasteiger partial charge in [0.25, 0.3) is 0 Å². The average Bonchev–Trinajstić information content (AvgIpc) is 2.37. The van der Waals surface area contributed by atoms with Crippen molar-refractivity contribution < 1.29 is 0 Å². The summed E-state index contributed by atoms with van der Waals surface area (Å²) in [5, 5.41) is 20.3. The Balaban J connectivity index is 3.17. The standard InChI is InChI=1S/C10H14N8/c1-13-8-14-9(17(2)3)16-10(15-8)18(6-4-11)7-5-12/h6-7H2,1-3H3,(H,13,14,15,16). The molecule has 8 heteroatoms. The first-order chi connectivity index (χ1) is 8.62. The molecule has 0 saturated carbocycles. The topological polar surface area (TPSA) is 105 Å². The smallest absolute Gasteiger partial charge is 0.233 e. The van der Waals surface area contributed by atoms with Crippen molar-refractivity contribution in [2.75, 3.05) is 49.3 Å². The lowest BCUT2D eigenvalue weighted by molar-refractivity contribution is 0.866. The van der Waals surface area contributed by atoms with Gasteiger partial charge < -0.3 is 15.1 Å². The molecule has 1 N–H and O–H groups in total. The lowest BCUT2D eigenvalue weighted by Crippen LogP contribution is -2.27. The predicted molar refractivity (Wildman–Crippen MR) is 67.1 cm³/mol. The van der Waals surface area contributed by atoms with Gasteiger partial charge in [0.1, 0.15) is 13.1 Å². The van der Waals surface area contributed by atoms with Crippen LogP contribution >= 0.6 is 0 Å². The Hall–Kier alpha value is -2.61. The maximum absolute atomic E-state index is 8.73. The molecule has 0 amide bonds. The number of nitrogens with zero attached hydrogens (tertiary/aromatic N) is 7. The van der Waals surface area contributed by atoms with Gasteiger partial charge in [0.2, 0.25) is 17.8 Å². The second kappa shape index (κ2) is 6.21. The summed E-state index contributed by atoms with van der Waals surface area (Å²) < 4.78 is 0. The molecule has 0 aliphatic heterocycles. The number of aromatic nitrogens is 3. The number of nitrogens with one attached hydrogen (secondary N) is 1. The summed E-state index contributed by atoms with van der Waals surface area (Å²) in [6.45, 7) is 0.0984. The van der Waals surface area contributed by atoms with Crippen LogP contribution in [0.5, 0.6) is 0 Å². The lowest BCUT2D eigenvalue weighted by atomic mass is 10.5. The van der Waals surface area contributed by atoms with Crippen molar-refractivity contribution in [2.45, 2.75) is 0 Å². The highest BCUT2D eigenvalue weighted by Gasteiger charge is 2.13. The fourth-order valence-corrected chi connectivity index (χ4v) is 1.18.